The predicted octanol–water partition coefficient (Wildman–Crippen LogP) is 6.83. The number of nitrogen functional groups attached to an aromatic ring is 1. The molecule has 0 bridgehead atoms. The van der Waals surface area contributed by atoms with E-state index in [2.05, 4.69) is 91.9 Å². The maximum atomic E-state index is 6.38. The Balaban J connectivity index is 1.95. The summed E-state index contributed by atoms with van der Waals surface area (Å²) in [5, 5.41) is 0. The Bertz CT molecular complexity index is 1110. The summed E-state index contributed by atoms with van der Waals surface area (Å²) in [4.78, 5) is 0. The maximum Gasteiger partial charge on any atom is 0.0393 e. The number of aryl methyl sites for hydroxylation is 1. The minimum Gasteiger partial charge on any atom is -0.398 e. The van der Waals surface area contributed by atoms with Crippen molar-refractivity contribution in [2.75, 3.05) is 5.73 Å². The summed E-state index contributed by atoms with van der Waals surface area (Å²) in [5.74, 6) is 0. The van der Waals surface area contributed by atoms with Crippen molar-refractivity contribution in [3.05, 3.63) is 125 Å². The second-order valence-electron chi connectivity index (χ2n) is 6.97. The van der Waals surface area contributed by atoms with E-state index in [1.54, 1.807) is 0 Å². The highest BCUT2D eigenvalue weighted by molar-refractivity contribution is 5.99. The van der Waals surface area contributed by atoms with E-state index in [4.69, 9.17) is 5.73 Å². The van der Waals surface area contributed by atoms with Crippen LogP contribution in [0.5, 0.6) is 0 Å². The second-order valence-corrected chi connectivity index (χ2v) is 6.97. The molecule has 2 N–H and O–H groups in total. The molecular formula is C27H23N. The molecule has 1 heteroatoms. The van der Waals surface area contributed by atoms with Crippen LogP contribution in [0.1, 0.15) is 22.3 Å². The van der Waals surface area contributed by atoms with E-state index in [0.717, 1.165) is 22.4 Å². The molecule has 0 atom stereocenters. The van der Waals surface area contributed by atoms with Crippen LogP contribution in [0.4, 0.5) is 5.69 Å². The first kappa shape index (κ1) is 17.8. The molecule has 0 unspecified atom stereocenters. The zero-order valence-electron chi connectivity index (χ0n) is 16.0. The third-order valence-electron chi connectivity index (χ3n) is 4.94. The lowest BCUT2D eigenvalue weighted by molar-refractivity contribution is 1.46. The van der Waals surface area contributed by atoms with Crippen molar-refractivity contribution in [2.24, 2.45) is 0 Å². The number of para-hydroxylation sites is 1. The molecule has 4 aromatic carbocycles. The minimum atomic E-state index is 0.781. The van der Waals surface area contributed by atoms with E-state index in [1.165, 1.54) is 22.3 Å². The Morgan fingerprint density at radius 3 is 1.96 bits per heavy atom. The smallest absolute Gasteiger partial charge is 0.0393 e. The Labute approximate surface area is 166 Å². The minimum absolute atomic E-state index is 0.781. The van der Waals surface area contributed by atoms with E-state index in [0.29, 0.717) is 0 Å². The number of nitrogens with two attached hydrogens (primary N) is 1. The van der Waals surface area contributed by atoms with Gasteiger partial charge in [0.25, 0.3) is 0 Å². The SMILES string of the molecule is Cc1ccc(-c2ccccc2C(=Cc2ccccc2)c2ccccc2N)cc1. The molecule has 0 saturated carbocycles. The van der Waals surface area contributed by atoms with E-state index < -0.39 is 0 Å². The Morgan fingerprint density at radius 2 is 1.25 bits per heavy atom. The van der Waals surface area contributed by atoms with Gasteiger partial charge in [0.2, 0.25) is 0 Å². The third kappa shape index (κ3) is 3.74. The fraction of sp³-hybridized carbons (Fsp3) is 0.0370. The number of hydrogen-bond acceptors (Lipinski definition) is 1. The standard InChI is InChI=1S/C27H23N/c1-20-15-17-22(18-16-20)23-11-5-6-12-24(23)26(19-21-9-3-2-4-10-21)25-13-7-8-14-27(25)28/h2-19H,28H2,1H3. The first-order valence-electron chi connectivity index (χ1n) is 9.50. The van der Waals surface area contributed by atoms with Gasteiger partial charge in [0.1, 0.15) is 0 Å². The van der Waals surface area contributed by atoms with Crippen molar-refractivity contribution < 1.29 is 0 Å². The fourth-order valence-electron chi connectivity index (χ4n) is 3.46. The Kier molecular flexibility index (Phi) is 5.07. The lowest BCUT2D eigenvalue weighted by atomic mass is 9.88. The van der Waals surface area contributed by atoms with Crippen molar-refractivity contribution in [3.63, 3.8) is 0 Å². The molecule has 0 aromatic heterocycles. The van der Waals surface area contributed by atoms with Crippen LogP contribution in [0.15, 0.2) is 103 Å². The number of anilines is 1. The van der Waals surface area contributed by atoms with Crippen LogP contribution >= 0.6 is 0 Å². The second kappa shape index (κ2) is 7.98. The zero-order valence-corrected chi connectivity index (χ0v) is 16.0. The average molecular weight is 361 g/mol. The number of rotatable bonds is 4. The highest BCUT2D eigenvalue weighted by Gasteiger charge is 2.13. The average Bonchev–Trinajstić information content (AvgIpc) is 2.74. The lowest BCUT2D eigenvalue weighted by Gasteiger charge is -2.16. The molecule has 4 rings (SSSR count). The van der Waals surface area contributed by atoms with Gasteiger partial charge in [-0.3, -0.25) is 0 Å². The van der Waals surface area contributed by atoms with Crippen LogP contribution in [0.25, 0.3) is 22.8 Å². The van der Waals surface area contributed by atoms with Gasteiger partial charge in [0.05, 0.1) is 0 Å². The molecule has 0 aliphatic heterocycles. The van der Waals surface area contributed by atoms with E-state index in [1.807, 2.05) is 24.3 Å². The van der Waals surface area contributed by atoms with Crippen molar-refractivity contribution >= 4 is 17.3 Å². The molecule has 0 aliphatic carbocycles. The zero-order chi connectivity index (χ0) is 19.3. The molecular weight excluding hydrogens is 338 g/mol. The van der Waals surface area contributed by atoms with Gasteiger partial charge in [-0.1, -0.05) is 103 Å². The van der Waals surface area contributed by atoms with Crippen LogP contribution in [0, 0.1) is 6.92 Å². The largest absolute Gasteiger partial charge is 0.398 e. The van der Waals surface area contributed by atoms with E-state index in [9.17, 15) is 0 Å². The summed E-state index contributed by atoms with van der Waals surface area (Å²) >= 11 is 0. The molecule has 0 heterocycles. The maximum absolute atomic E-state index is 6.38. The van der Waals surface area contributed by atoms with Crippen molar-refractivity contribution in [1.29, 1.82) is 0 Å². The van der Waals surface area contributed by atoms with Gasteiger partial charge < -0.3 is 5.73 Å². The monoisotopic (exact) mass is 361 g/mol. The Hall–Kier alpha value is -3.58. The summed E-state index contributed by atoms with van der Waals surface area (Å²) in [7, 11) is 0. The summed E-state index contributed by atoms with van der Waals surface area (Å²) in [6.07, 6.45) is 2.22. The molecule has 0 amide bonds. The molecule has 0 saturated heterocycles. The van der Waals surface area contributed by atoms with E-state index in [-0.39, 0.29) is 0 Å². The summed E-state index contributed by atoms with van der Waals surface area (Å²) < 4.78 is 0. The van der Waals surface area contributed by atoms with Gasteiger partial charge in [0.15, 0.2) is 0 Å². The molecule has 4 aromatic rings. The van der Waals surface area contributed by atoms with Crippen LogP contribution in [0.2, 0.25) is 0 Å². The Morgan fingerprint density at radius 1 is 0.643 bits per heavy atom. The third-order valence-corrected chi connectivity index (χ3v) is 4.94. The van der Waals surface area contributed by atoms with E-state index >= 15 is 0 Å². The van der Waals surface area contributed by atoms with Crippen molar-refractivity contribution in [1.82, 2.24) is 0 Å². The summed E-state index contributed by atoms with van der Waals surface area (Å²) in [5.41, 5.74) is 15.3. The van der Waals surface area contributed by atoms with Crippen molar-refractivity contribution in [2.45, 2.75) is 6.92 Å². The van der Waals surface area contributed by atoms with Crippen LogP contribution in [-0.2, 0) is 0 Å². The van der Waals surface area contributed by atoms with Crippen LogP contribution in [-0.4, -0.2) is 0 Å². The van der Waals surface area contributed by atoms with Gasteiger partial charge in [-0.25, -0.2) is 0 Å². The topological polar surface area (TPSA) is 26.0 Å². The van der Waals surface area contributed by atoms with Gasteiger partial charge >= 0.3 is 0 Å². The number of benzene rings is 4. The lowest BCUT2D eigenvalue weighted by Crippen LogP contribution is -1.97. The summed E-state index contributed by atoms with van der Waals surface area (Å²) in [6.45, 7) is 2.11. The molecule has 28 heavy (non-hydrogen) atoms. The van der Waals surface area contributed by atoms with Gasteiger partial charge in [-0.05, 0) is 46.9 Å². The summed E-state index contributed by atoms with van der Waals surface area (Å²) in [6, 6.07) is 35.7. The predicted molar refractivity (Wildman–Crippen MR) is 121 cm³/mol. The molecule has 0 radical (unpaired) electrons. The highest BCUT2D eigenvalue weighted by atomic mass is 14.6. The number of hydrogen-bond donors (Lipinski definition) is 1. The first-order valence-corrected chi connectivity index (χ1v) is 9.50. The molecule has 0 spiro atoms. The van der Waals surface area contributed by atoms with Crippen LogP contribution in [0.3, 0.4) is 0 Å². The highest BCUT2D eigenvalue weighted by Crippen LogP contribution is 2.36. The van der Waals surface area contributed by atoms with Gasteiger partial charge in [0, 0.05) is 11.3 Å². The molecule has 1 nitrogen and oxygen atoms in total. The van der Waals surface area contributed by atoms with Gasteiger partial charge in [-0.15, -0.1) is 0 Å². The normalized spacial score (nSPS) is 11.4. The van der Waals surface area contributed by atoms with Crippen molar-refractivity contribution in [3.8, 4) is 11.1 Å². The fourth-order valence-corrected chi connectivity index (χ4v) is 3.46. The molecule has 0 aliphatic rings. The quantitative estimate of drug-likeness (QED) is 0.313. The van der Waals surface area contributed by atoms with Gasteiger partial charge in [-0.2, -0.15) is 0 Å². The first-order chi connectivity index (χ1) is 13.7. The molecule has 0 fully saturated rings. The molecule has 136 valence electrons. The van der Waals surface area contributed by atoms with Crippen LogP contribution < -0.4 is 5.73 Å².